The highest BCUT2D eigenvalue weighted by molar-refractivity contribution is 6.31. The first-order valence-corrected chi connectivity index (χ1v) is 15.5. The molecule has 17 heteroatoms. The summed E-state index contributed by atoms with van der Waals surface area (Å²) in [6.07, 6.45) is -7.75. The van der Waals surface area contributed by atoms with E-state index in [2.05, 4.69) is 10.6 Å². The lowest BCUT2D eigenvalue weighted by Crippen LogP contribution is -2.59. The maximum Gasteiger partial charge on any atom is 0.305 e. The summed E-state index contributed by atoms with van der Waals surface area (Å²) in [5.74, 6) is -7.34. The van der Waals surface area contributed by atoms with Crippen LogP contribution in [0.3, 0.4) is 0 Å². The molecule has 2 amide bonds. The van der Waals surface area contributed by atoms with Crippen molar-refractivity contribution in [3.05, 3.63) is 51.6 Å². The molecule has 17 nitrogen and oxygen atoms in total. The summed E-state index contributed by atoms with van der Waals surface area (Å²) >= 11 is 0. The van der Waals surface area contributed by atoms with E-state index in [-0.39, 0.29) is 34.4 Å². The minimum Gasteiger partial charge on any atom is -0.507 e. The predicted octanol–water partition coefficient (Wildman–Crippen LogP) is -0.862. The first kappa shape index (κ1) is 36.3. The number of benzene rings is 2. The average Bonchev–Trinajstić information content (AvgIpc) is 3.05. The molecule has 1 heterocycles. The first-order chi connectivity index (χ1) is 23.5. The quantitative estimate of drug-likeness (QED) is 0.120. The molecule has 5 rings (SSSR count). The van der Waals surface area contributed by atoms with Gasteiger partial charge in [-0.1, -0.05) is 12.1 Å². The number of amides is 2. The fourth-order valence-corrected chi connectivity index (χ4v) is 6.77. The van der Waals surface area contributed by atoms with Gasteiger partial charge >= 0.3 is 5.97 Å². The van der Waals surface area contributed by atoms with Crippen molar-refractivity contribution >= 4 is 35.1 Å². The number of hydrogen-bond acceptors (Lipinski definition) is 14. The lowest BCUT2D eigenvalue weighted by Gasteiger charge is -2.43. The molecule has 2 unspecified atom stereocenters. The summed E-state index contributed by atoms with van der Waals surface area (Å²) in [4.78, 5) is 76.3. The fraction of sp³-hybridized carbons (Fsp3) is 0.455. The Hall–Kier alpha value is -4.94. The van der Waals surface area contributed by atoms with Gasteiger partial charge in [-0.3, -0.25) is 28.8 Å². The Kier molecular flexibility index (Phi) is 10.00. The highest BCUT2D eigenvalue weighted by atomic mass is 16.7. The number of carbonyl (C=O) groups excluding carboxylic acids is 5. The van der Waals surface area contributed by atoms with Crippen molar-refractivity contribution in [1.82, 2.24) is 10.6 Å². The third-order valence-electron chi connectivity index (χ3n) is 9.16. The van der Waals surface area contributed by atoms with Crippen LogP contribution in [0.1, 0.15) is 82.2 Å². The van der Waals surface area contributed by atoms with Gasteiger partial charge in [-0.05, 0) is 13.0 Å². The van der Waals surface area contributed by atoms with Gasteiger partial charge in [0.2, 0.25) is 17.6 Å². The minimum absolute atomic E-state index is 0.0270. The number of aliphatic hydroxyl groups is 3. The first-order valence-electron chi connectivity index (χ1n) is 15.5. The number of rotatable bonds is 10. The number of phenols is 2. The highest BCUT2D eigenvalue weighted by Gasteiger charge is 2.50. The summed E-state index contributed by atoms with van der Waals surface area (Å²) in [5.41, 5.74) is -4.40. The van der Waals surface area contributed by atoms with Crippen molar-refractivity contribution in [3.63, 3.8) is 0 Å². The van der Waals surface area contributed by atoms with Gasteiger partial charge in [0, 0.05) is 42.9 Å². The number of methoxy groups -OCH3 is 1. The third kappa shape index (κ3) is 6.40. The molecule has 1 saturated heterocycles. The number of fused-ring (bicyclic) bond motifs is 3. The van der Waals surface area contributed by atoms with Gasteiger partial charge in [-0.2, -0.15) is 0 Å². The number of carbonyl (C=O) groups is 6. The monoisotopic (exact) mass is 700 g/mol. The summed E-state index contributed by atoms with van der Waals surface area (Å²) in [6.45, 7) is 1.40. The summed E-state index contributed by atoms with van der Waals surface area (Å²) in [6, 6.07) is 1.57. The van der Waals surface area contributed by atoms with Crippen LogP contribution in [0, 0.1) is 0 Å². The molecule has 7 atom stereocenters. The van der Waals surface area contributed by atoms with E-state index in [4.69, 9.17) is 14.2 Å². The van der Waals surface area contributed by atoms with Crippen molar-refractivity contribution in [3.8, 4) is 17.2 Å². The molecule has 0 saturated carbocycles. The van der Waals surface area contributed by atoms with Crippen molar-refractivity contribution in [2.75, 3.05) is 13.7 Å². The van der Waals surface area contributed by atoms with E-state index in [1.165, 1.54) is 32.2 Å². The number of ether oxygens (including phenoxy) is 3. The molecule has 1 aliphatic heterocycles. The van der Waals surface area contributed by atoms with Crippen LogP contribution in [0.2, 0.25) is 0 Å². The van der Waals surface area contributed by atoms with Crippen molar-refractivity contribution in [2.45, 2.75) is 81.8 Å². The SMILES string of the molecule is COc1cccc2c1C(=O)c1c(O)c3c(c(O)c1C2=O)C[C@@](O)(C(=O)CO)C[C@@H]3O[C@H]1C[C@@H](NC(=O)C(CC(=O)O)NC(C)=O)[C@H](O)C(C)O1. The van der Waals surface area contributed by atoms with Crippen LogP contribution in [-0.4, -0.2) is 116 Å². The van der Waals surface area contributed by atoms with Gasteiger partial charge < -0.3 is 55.5 Å². The molecule has 0 radical (unpaired) electrons. The van der Waals surface area contributed by atoms with E-state index in [0.29, 0.717) is 0 Å². The smallest absolute Gasteiger partial charge is 0.305 e. The Morgan fingerprint density at radius 2 is 1.76 bits per heavy atom. The zero-order chi connectivity index (χ0) is 36.8. The number of aromatic hydroxyl groups is 2. The molecule has 0 spiro atoms. The average molecular weight is 701 g/mol. The molecule has 2 aromatic carbocycles. The van der Waals surface area contributed by atoms with Gasteiger partial charge in [-0.15, -0.1) is 0 Å². The lowest BCUT2D eigenvalue weighted by molar-refractivity contribution is -0.249. The van der Waals surface area contributed by atoms with Crippen molar-refractivity contribution in [2.24, 2.45) is 0 Å². The van der Waals surface area contributed by atoms with E-state index in [1.807, 2.05) is 0 Å². The Balaban J connectivity index is 1.54. The second kappa shape index (κ2) is 13.8. The van der Waals surface area contributed by atoms with Gasteiger partial charge in [0.1, 0.15) is 41.6 Å². The second-order valence-electron chi connectivity index (χ2n) is 12.5. The number of nitrogens with one attached hydrogen (secondary N) is 2. The van der Waals surface area contributed by atoms with E-state index in [0.717, 1.165) is 6.92 Å². The highest BCUT2D eigenvalue weighted by Crippen LogP contribution is 2.52. The fourth-order valence-electron chi connectivity index (χ4n) is 6.77. The van der Waals surface area contributed by atoms with Crippen LogP contribution >= 0.6 is 0 Å². The summed E-state index contributed by atoms with van der Waals surface area (Å²) in [5, 5.41) is 69.1. The molecule has 2 aliphatic carbocycles. The van der Waals surface area contributed by atoms with Gasteiger partial charge in [-0.25, -0.2) is 0 Å². The number of hydrogen-bond donors (Lipinski definition) is 8. The molecule has 0 bridgehead atoms. The van der Waals surface area contributed by atoms with Gasteiger partial charge in [0.15, 0.2) is 17.9 Å². The number of aliphatic hydroxyl groups excluding tert-OH is 2. The molecular formula is C33H36N2O15. The zero-order valence-corrected chi connectivity index (χ0v) is 27.1. The number of carboxylic acids is 1. The van der Waals surface area contributed by atoms with Gasteiger partial charge in [0.25, 0.3) is 0 Å². The van der Waals surface area contributed by atoms with Crippen molar-refractivity contribution in [1.29, 1.82) is 0 Å². The van der Waals surface area contributed by atoms with Crippen molar-refractivity contribution < 1.29 is 73.6 Å². The van der Waals surface area contributed by atoms with Gasteiger partial charge in [0.05, 0.1) is 48.5 Å². The van der Waals surface area contributed by atoms with Crippen LogP contribution in [0.15, 0.2) is 18.2 Å². The Morgan fingerprint density at radius 3 is 2.38 bits per heavy atom. The van der Waals surface area contributed by atoms with E-state index < -0.39 is 126 Å². The maximum atomic E-state index is 13.8. The molecular weight excluding hydrogens is 664 g/mol. The molecule has 3 aliphatic rings. The number of ketones is 3. The molecule has 268 valence electrons. The Morgan fingerprint density at radius 1 is 1.08 bits per heavy atom. The van der Waals surface area contributed by atoms with Crippen LogP contribution in [0.5, 0.6) is 17.2 Å². The molecule has 2 aromatic rings. The Labute approximate surface area is 283 Å². The van der Waals surface area contributed by atoms with E-state index in [9.17, 15) is 59.4 Å². The zero-order valence-electron chi connectivity index (χ0n) is 27.1. The molecule has 1 fully saturated rings. The van der Waals surface area contributed by atoms with Crippen LogP contribution in [-0.2, 0) is 35.1 Å². The lowest BCUT2D eigenvalue weighted by atomic mass is 9.72. The van der Waals surface area contributed by atoms with Crippen LogP contribution in [0.4, 0.5) is 0 Å². The summed E-state index contributed by atoms with van der Waals surface area (Å²) in [7, 11) is 1.28. The molecule has 0 aromatic heterocycles. The second-order valence-corrected chi connectivity index (χ2v) is 12.5. The normalized spacial score (nSPS) is 26.2. The topological polar surface area (TPSA) is 276 Å². The number of phenolic OH excluding ortho intramolecular Hbond substituents is 2. The maximum absolute atomic E-state index is 13.8. The standard InChI is InChI=1S/C33H36N2O15/c1-12-27(41)16(35-32(46)17(7-21(39)40)34-13(2)37)8-22(49-12)50-19-10-33(47,20(38)11-36)9-15-24(19)31(45)26-25(29(15)43)28(42)14-5-4-6-18(48-3)23(14)30(26)44/h4-6,12,16-17,19,22,27,36,41,43,45,47H,7-11H2,1-3H3,(H,34,37)(H,35,46)(H,39,40)/t12?,16-,17?,19+,22+,27-,33+/m1/s1. The van der Waals surface area contributed by atoms with E-state index >= 15 is 0 Å². The molecule has 50 heavy (non-hydrogen) atoms. The largest absolute Gasteiger partial charge is 0.507 e. The Bertz CT molecular complexity index is 1770. The minimum atomic E-state index is -2.40. The number of aliphatic carboxylic acids is 1. The summed E-state index contributed by atoms with van der Waals surface area (Å²) < 4.78 is 17.2. The predicted molar refractivity (Wildman–Crippen MR) is 166 cm³/mol. The third-order valence-corrected chi connectivity index (χ3v) is 9.16. The number of carboxylic acid groups (broad SMARTS) is 1. The van der Waals surface area contributed by atoms with Crippen LogP contribution < -0.4 is 15.4 Å². The molecule has 8 N–H and O–H groups in total. The van der Waals surface area contributed by atoms with E-state index in [1.54, 1.807) is 0 Å². The number of Topliss-reactive ketones (excluding diaryl/α,β-unsaturated/α-hetero) is 1. The van der Waals surface area contributed by atoms with Crippen LogP contribution in [0.25, 0.3) is 0 Å².